The van der Waals surface area contributed by atoms with Crippen molar-refractivity contribution >= 4 is 17.5 Å². The van der Waals surface area contributed by atoms with Crippen LogP contribution in [0.25, 0.3) is 0 Å². The second kappa shape index (κ2) is 7.81. The Bertz CT molecular complexity index is 1160. The average Bonchev–Trinajstić information content (AvgIpc) is 3.58. The maximum Gasteiger partial charge on any atom is 0.433 e. The van der Waals surface area contributed by atoms with E-state index in [4.69, 9.17) is 4.74 Å². The lowest BCUT2D eigenvalue weighted by atomic mass is 9.98. The first-order valence-corrected chi connectivity index (χ1v) is 10.3. The lowest BCUT2D eigenvalue weighted by Gasteiger charge is -2.29. The topological polar surface area (TPSA) is 67.3 Å². The minimum atomic E-state index is -4.51. The van der Waals surface area contributed by atoms with Crippen molar-refractivity contribution in [2.45, 2.75) is 31.5 Å². The van der Waals surface area contributed by atoms with E-state index in [2.05, 4.69) is 15.3 Å². The summed E-state index contributed by atoms with van der Waals surface area (Å²) in [6, 6.07) is 13.2. The Kier molecular flexibility index (Phi) is 4.96. The maximum atomic E-state index is 13.2. The lowest BCUT2D eigenvalue weighted by molar-refractivity contribution is -0.141. The van der Waals surface area contributed by atoms with Crippen molar-refractivity contribution in [3.05, 3.63) is 71.5 Å². The van der Waals surface area contributed by atoms with Crippen LogP contribution in [0.1, 0.15) is 34.5 Å². The monoisotopic (exact) mass is 440 g/mol. The Morgan fingerprint density at radius 3 is 2.59 bits per heavy atom. The highest BCUT2D eigenvalue weighted by Crippen LogP contribution is 2.34. The largest absolute Gasteiger partial charge is 0.455 e. The van der Waals surface area contributed by atoms with Gasteiger partial charge >= 0.3 is 6.18 Å². The molecule has 0 bridgehead atoms. The number of anilines is 2. The number of fused-ring (bicyclic) bond motifs is 1. The van der Waals surface area contributed by atoms with Crippen LogP contribution in [0.15, 0.2) is 54.7 Å². The predicted octanol–water partition coefficient (Wildman–Crippen LogP) is 5.06. The van der Waals surface area contributed by atoms with E-state index in [9.17, 15) is 18.0 Å². The van der Waals surface area contributed by atoms with Gasteiger partial charge in [-0.2, -0.15) is 13.2 Å². The Balaban J connectivity index is 1.37. The molecule has 6 nitrogen and oxygen atoms in total. The van der Waals surface area contributed by atoms with Gasteiger partial charge in [0.05, 0.1) is 6.20 Å². The predicted molar refractivity (Wildman–Crippen MR) is 112 cm³/mol. The first-order valence-electron chi connectivity index (χ1n) is 10.3. The minimum Gasteiger partial charge on any atom is -0.455 e. The van der Waals surface area contributed by atoms with E-state index in [1.54, 1.807) is 29.2 Å². The van der Waals surface area contributed by atoms with Crippen molar-refractivity contribution in [2.24, 2.45) is 0 Å². The van der Waals surface area contributed by atoms with Crippen molar-refractivity contribution < 1.29 is 22.7 Å². The number of benzene rings is 1. The molecule has 0 unspecified atom stereocenters. The van der Waals surface area contributed by atoms with Gasteiger partial charge in [0.25, 0.3) is 5.91 Å². The summed E-state index contributed by atoms with van der Waals surface area (Å²) in [6.07, 6.45) is -0.715. The van der Waals surface area contributed by atoms with Gasteiger partial charge in [-0.15, -0.1) is 0 Å². The molecular formula is C23H19F3N4O2. The molecular weight excluding hydrogens is 421 g/mol. The second-order valence-electron chi connectivity index (χ2n) is 7.77. The van der Waals surface area contributed by atoms with Crippen molar-refractivity contribution in [1.29, 1.82) is 0 Å². The second-order valence-corrected chi connectivity index (χ2v) is 7.77. The van der Waals surface area contributed by atoms with Crippen molar-refractivity contribution in [1.82, 2.24) is 9.97 Å². The molecule has 32 heavy (non-hydrogen) atoms. The van der Waals surface area contributed by atoms with Crippen LogP contribution in [0.4, 0.5) is 24.8 Å². The van der Waals surface area contributed by atoms with E-state index in [1.165, 1.54) is 6.07 Å². The number of carbonyl (C=O) groups excluding carboxylic acids is 1. The zero-order valence-electron chi connectivity index (χ0n) is 16.9. The number of rotatable bonds is 5. The molecule has 1 saturated carbocycles. The SMILES string of the molecule is O=C1c2cccc(Oc3ccc(C(F)(F)F)nc3)c2CCN1c1cccc(NC2CC2)n1. The van der Waals surface area contributed by atoms with E-state index in [0.717, 1.165) is 30.9 Å². The van der Waals surface area contributed by atoms with E-state index < -0.39 is 11.9 Å². The van der Waals surface area contributed by atoms with Gasteiger partial charge in [0, 0.05) is 23.7 Å². The third-order valence-corrected chi connectivity index (χ3v) is 5.39. The smallest absolute Gasteiger partial charge is 0.433 e. The third-order valence-electron chi connectivity index (χ3n) is 5.39. The molecule has 1 amide bonds. The number of halogens is 3. The number of carbonyl (C=O) groups is 1. The van der Waals surface area contributed by atoms with Gasteiger partial charge in [-0.05, 0) is 55.7 Å². The molecule has 5 rings (SSSR count). The number of aromatic nitrogens is 2. The number of pyridine rings is 2. The molecule has 1 aliphatic carbocycles. The quantitative estimate of drug-likeness (QED) is 0.600. The minimum absolute atomic E-state index is 0.168. The highest BCUT2D eigenvalue weighted by Gasteiger charge is 2.32. The highest BCUT2D eigenvalue weighted by atomic mass is 19.4. The Morgan fingerprint density at radius 1 is 1.06 bits per heavy atom. The fourth-order valence-electron chi connectivity index (χ4n) is 3.63. The summed E-state index contributed by atoms with van der Waals surface area (Å²) in [5.41, 5.74) is 0.202. The summed E-state index contributed by atoms with van der Waals surface area (Å²) in [6.45, 7) is 0.414. The molecule has 1 N–H and O–H groups in total. The van der Waals surface area contributed by atoms with Crippen LogP contribution >= 0.6 is 0 Å². The molecule has 0 spiro atoms. The van der Waals surface area contributed by atoms with Crippen LogP contribution in [0.3, 0.4) is 0 Å². The van der Waals surface area contributed by atoms with E-state index >= 15 is 0 Å². The molecule has 3 heterocycles. The lowest BCUT2D eigenvalue weighted by Crippen LogP contribution is -2.38. The first kappa shape index (κ1) is 20.3. The van der Waals surface area contributed by atoms with Gasteiger partial charge in [0.2, 0.25) is 0 Å². The van der Waals surface area contributed by atoms with Gasteiger partial charge in [0.15, 0.2) is 0 Å². The first-order chi connectivity index (χ1) is 15.4. The van der Waals surface area contributed by atoms with E-state index in [1.807, 2.05) is 12.1 Å². The summed E-state index contributed by atoms with van der Waals surface area (Å²) >= 11 is 0. The van der Waals surface area contributed by atoms with Crippen LogP contribution in [0.2, 0.25) is 0 Å². The molecule has 2 aliphatic rings. The summed E-state index contributed by atoms with van der Waals surface area (Å²) in [5.74, 6) is 1.72. The summed E-state index contributed by atoms with van der Waals surface area (Å²) in [5, 5.41) is 3.33. The van der Waals surface area contributed by atoms with Crippen molar-refractivity contribution in [3.63, 3.8) is 0 Å². The van der Waals surface area contributed by atoms with Crippen LogP contribution in [-0.2, 0) is 12.6 Å². The molecule has 3 aromatic rings. The molecule has 2 aromatic heterocycles. The summed E-state index contributed by atoms with van der Waals surface area (Å²) < 4.78 is 44.0. The van der Waals surface area contributed by atoms with Gasteiger partial charge < -0.3 is 10.1 Å². The molecule has 0 saturated heterocycles. The normalized spacial score (nSPS) is 16.0. The molecule has 9 heteroatoms. The van der Waals surface area contributed by atoms with E-state index in [0.29, 0.717) is 41.7 Å². The number of alkyl halides is 3. The number of amides is 1. The fourth-order valence-corrected chi connectivity index (χ4v) is 3.63. The Morgan fingerprint density at radius 2 is 1.88 bits per heavy atom. The van der Waals surface area contributed by atoms with Crippen LogP contribution in [-0.4, -0.2) is 28.5 Å². The summed E-state index contributed by atoms with van der Waals surface area (Å²) in [4.78, 5) is 22.8. The van der Waals surface area contributed by atoms with Gasteiger partial charge in [-0.1, -0.05) is 12.1 Å². The Hall–Kier alpha value is -3.62. The summed E-state index contributed by atoms with van der Waals surface area (Å²) in [7, 11) is 0. The average molecular weight is 440 g/mol. The Labute approximate surface area is 182 Å². The standard InChI is InChI=1S/C23H19F3N4O2/c24-23(25,26)19-10-9-15(13-27-19)32-18-4-1-3-17-16(18)11-12-30(22(17)31)21-6-2-5-20(29-21)28-14-7-8-14/h1-6,9-10,13-14H,7-8,11-12H2,(H,28,29). The van der Waals surface area contributed by atoms with Crippen molar-refractivity contribution in [3.8, 4) is 11.5 Å². The van der Waals surface area contributed by atoms with Gasteiger partial charge in [-0.3, -0.25) is 9.69 Å². The molecule has 0 atom stereocenters. The molecule has 1 aliphatic heterocycles. The fraction of sp³-hybridized carbons (Fsp3) is 0.261. The third kappa shape index (κ3) is 4.10. The number of ether oxygens (including phenoxy) is 1. The molecule has 164 valence electrons. The molecule has 1 fully saturated rings. The van der Waals surface area contributed by atoms with E-state index in [-0.39, 0.29) is 11.7 Å². The maximum absolute atomic E-state index is 13.2. The zero-order chi connectivity index (χ0) is 22.3. The number of nitrogens with zero attached hydrogens (tertiary/aromatic N) is 3. The molecule has 0 radical (unpaired) electrons. The highest BCUT2D eigenvalue weighted by molar-refractivity contribution is 6.08. The van der Waals surface area contributed by atoms with Crippen molar-refractivity contribution in [2.75, 3.05) is 16.8 Å². The number of hydrogen-bond donors (Lipinski definition) is 1. The number of nitrogens with one attached hydrogen (secondary N) is 1. The van der Waals surface area contributed by atoms with Gasteiger partial charge in [-0.25, -0.2) is 9.97 Å². The molecule has 1 aromatic carbocycles. The van der Waals surface area contributed by atoms with Crippen LogP contribution in [0, 0.1) is 0 Å². The van der Waals surface area contributed by atoms with Gasteiger partial charge in [0.1, 0.15) is 28.8 Å². The van der Waals surface area contributed by atoms with Crippen LogP contribution < -0.4 is 15.0 Å². The van der Waals surface area contributed by atoms with Crippen LogP contribution in [0.5, 0.6) is 11.5 Å². The number of hydrogen-bond acceptors (Lipinski definition) is 5. The zero-order valence-corrected chi connectivity index (χ0v) is 16.9.